The van der Waals surface area contributed by atoms with E-state index in [9.17, 15) is 4.39 Å². The zero-order chi connectivity index (χ0) is 14.7. The topological polar surface area (TPSA) is 37.8 Å². The van der Waals surface area contributed by atoms with Gasteiger partial charge in [0.25, 0.3) is 0 Å². The fraction of sp³-hybridized carbons (Fsp3) is 0.375. The van der Waals surface area contributed by atoms with Crippen molar-refractivity contribution in [2.24, 2.45) is 0 Å². The number of aromatic nitrogens is 2. The molecule has 4 heteroatoms. The van der Waals surface area contributed by atoms with Gasteiger partial charge in [0, 0.05) is 29.1 Å². The molecular formula is C16H20FN3. The van der Waals surface area contributed by atoms with Crippen LogP contribution in [0.3, 0.4) is 0 Å². The van der Waals surface area contributed by atoms with Gasteiger partial charge in [0.05, 0.1) is 0 Å². The van der Waals surface area contributed by atoms with Gasteiger partial charge in [-0.2, -0.15) is 0 Å². The highest BCUT2D eigenvalue weighted by molar-refractivity contribution is 5.56. The zero-order valence-electron chi connectivity index (χ0n) is 12.4. The molecule has 1 aromatic heterocycles. The van der Waals surface area contributed by atoms with E-state index < -0.39 is 0 Å². The Morgan fingerprint density at radius 3 is 2.65 bits per heavy atom. The molecule has 20 heavy (non-hydrogen) atoms. The van der Waals surface area contributed by atoms with E-state index >= 15 is 0 Å². The first-order valence-electron chi connectivity index (χ1n) is 6.86. The van der Waals surface area contributed by atoms with Gasteiger partial charge in [0.2, 0.25) is 0 Å². The molecule has 0 aliphatic rings. The van der Waals surface area contributed by atoms with Crippen molar-refractivity contribution in [2.45, 2.75) is 33.7 Å². The number of nitrogens with zero attached hydrogens (tertiary/aromatic N) is 2. The van der Waals surface area contributed by atoms with Crippen molar-refractivity contribution in [3.63, 3.8) is 0 Å². The highest BCUT2D eigenvalue weighted by Crippen LogP contribution is 2.21. The van der Waals surface area contributed by atoms with Gasteiger partial charge in [0.15, 0.2) is 5.82 Å². The SMILES string of the molecule is CCNC(C)c1cnc(-c2ccc(F)c(C)c2)nc1C. The largest absolute Gasteiger partial charge is 0.310 e. The van der Waals surface area contributed by atoms with Gasteiger partial charge in [-0.1, -0.05) is 6.92 Å². The Kier molecular flexibility index (Phi) is 4.45. The lowest BCUT2D eigenvalue weighted by atomic mass is 10.1. The molecule has 0 bridgehead atoms. The molecule has 0 amide bonds. The maximum atomic E-state index is 13.3. The second kappa shape index (κ2) is 6.09. The molecule has 1 heterocycles. The Morgan fingerprint density at radius 2 is 2.05 bits per heavy atom. The van der Waals surface area contributed by atoms with Crippen molar-refractivity contribution >= 4 is 0 Å². The predicted octanol–water partition coefficient (Wildman–Crippen LogP) is 3.57. The first kappa shape index (κ1) is 14.6. The summed E-state index contributed by atoms with van der Waals surface area (Å²) in [5.74, 6) is 0.431. The molecular weight excluding hydrogens is 253 g/mol. The Labute approximate surface area is 119 Å². The molecule has 1 N–H and O–H groups in total. The van der Waals surface area contributed by atoms with Crippen molar-refractivity contribution in [3.8, 4) is 11.4 Å². The molecule has 0 saturated carbocycles. The maximum Gasteiger partial charge on any atom is 0.159 e. The molecule has 0 radical (unpaired) electrons. The molecule has 1 unspecified atom stereocenters. The molecule has 2 rings (SSSR count). The van der Waals surface area contributed by atoms with Gasteiger partial charge < -0.3 is 5.32 Å². The summed E-state index contributed by atoms with van der Waals surface area (Å²) < 4.78 is 13.3. The molecule has 0 saturated heterocycles. The molecule has 1 aromatic carbocycles. The second-order valence-corrected chi connectivity index (χ2v) is 4.98. The second-order valence-electron chi connectivity index (χ2n) is 4.98. The highest BCUT2D eigenvalue weighted by Gasteiger charge is 2.11. The van der Waals surface area contributed by atoms with Crippen LogP contribution in [0.1, 0.15) is 36.7 Å². The summed E-state index contributed by atoms with van der Waals surface area (Å²) in [4.78, 5) is 8.95. The number of aryl methyl sites for hydroxylation is 2. The van der Waals surface area contributed by atoms with E-state index in [1.807, 2.05) is 13.1 Å². The van der Waals surface area contributed by atoms with Gasteiger partial charge in [-0.25, -0.2) is 14.4 Å². The van der Waals surface area contributed by atoms with Crippen molar-refractivity contribution in [1.82, 2.24) is 15.3 Å². The normalized spacial score (nSPS) is 12.4. The van der Waals surface area contributed by atoms with Crippen LogP contribution in [0.15, 0.2) is 24.4 Å². The van der Waals surface area contributed by atoms with E-state index in [1.165, 1.54) is 6.07 Å². The summed E-state index contributed by atoms with van der Waals surface area (Å²) in [7, 11) is 0. The summed E-state index contributed by atoms with van der Waals surface area (Å²) in [5, 5.41) is 3.35. The van der Waals surface area contributed by atoms with Crippen molar-refractivity contribution < 1.29 is 4.39 Å². The molecule has 0 aliphatic heterocycles. The smallest absolute Gasteiger partial charge is 0.159 e. The zero-order valence-corrected chi connectivity index (χ0v) is 12.4. The maximum absolute atomic E-state index is 13.3. The summed E-state index contributed by atoms with van der Waals surface area (Å²) in [6.45, 7) is 8.79. The lowest BCUT2D eigenvalue weighted by molar-refractivity contribution is 0.590. The number of benzene rings is 1. The van der Waals surface area contributed by atoms with Gasteiger partial charge in [0.1, 0.15) is 5.82 Å². The number of rotatable bonds is 4. The minimum absolute atomic E-state index is 0.206. The van der Waals surface area contributed by atoms with Crippen molar-refractivity contribution in [2.75, 3.05) is 6.54 Å². The molecule has 3 nitrogen and oxygen atoms in total. The van der Waals surface area contributed by atoms with Crippen LogP contribution in [0.4, 0.5) is 4.39 Å². The Bertz CT molecular complexity index is 611. The standard InChI is InChI=1S/C16H20FN3/c1-5-18-11(3)14-9-19-16(20-12(14)4)13-6-7-15(17)10(2)8-13/h6-9,11,18H,5H2,1-4H3. The van der Waals surface area contributed by atoms with Crippen molar-refractivity contribution in [3.05, 3.63) is 47.0 Å². The van der Waals surface area contributed by atoms with Crippen LogP contribution < -0.4 is 5.32 Å². The van der Waals surface area contributed by atoms with Crippen molar-refractivity contribution in [1.29, 1.82) is 0 Å². The minimum atomic E-state index is -0.206. The fourth-order valence-corrected chi connectivity index (χ4v) is 2.24. The number of hydrogen-bond donors (Lipinski definition) is 1. The van der Waals surface area contributed by atoms with E-state index in [4.69, 9.17) is 0 Å². The van der Waals surface area contributed by atoms with Crippen LogP contribution in [-0.4, -0.2) is 16.5 Å². The van der Waals surface area contributed by atoms with Crippen LogP contribution in [0, 0.1) is 19.7 Å². The summed E-state index contributed by atoms with van der Waals surface area (Å²) in [5.41, 5.74) is 3.49. The fourth-order valence-electron chi connectivity index (χ4n) is 2.24. The summed E-state index contributed by atoms with van der Waals surface area (Å²) in [6, 6.07) is 5.17. The number of halogens is 1. The molecule has 1 atom stereocenters. The van der Waals surface area contributed by atoms with E-state index in [0.717, 1.165) is 23.4 Å². The van der Waals surface area contributed by atoms with Crippen LogP contribution in [-0.2, 0) is 0 Å². The third-order valence-corrected chi connectivity index (χ3v) is 3.41. The monoisotopic (exact) mass is 273 g/mol. The van der Waals surface area contributed by atoms with Crippen LogP contribution in [0.5, 0.6) is 0 Å². The quantitative estimate of drug-likeness (QED) is 0.925. The minimum Gasteiger partial charge on any atom is -0.310 e. The van der Waals surface area contributed by atoms with E-state index in [1.54, 1.807) is 19.1 Å². The summed E-state index contributed by atoms with van der Waals surface area (Å²) >= 11 is 0. The first-order chi connectivity index (χ1) is 9.52. The predicted molar refractivity (Wildman–Crippen MR) is 79.0 cm³/mol. The lowest BCUT2D eigenvalue weighted by Gasteiger charge is -2.15. The third kappa shape index (κ3) is 3.02. The Balaban J connectivity index is 2.35. The summed E-state index contributed by atoms with van der Waals surface area (Å²) in [6.07, 6.45) is 1.85. The highest BCUT2D eigenvalue weighted by atomic mass is 19.1. The molecule has 0 spiro atoms. The number of hydrogen-bond acceptors (Lipinski definition) is 3. The van der Waals surface area contributed by atoms with Crippen LogP contribution >= 0.6 is 0 Å². The van der Waals surface area contributed by atoms with E-state index in [-0.39, 0.29) is 11.9 Å². The van der Waals surface area contributed by atoms with Gasteiger partial charge >= 0.3 is 0 Å². The molecule has 106 valence electrons. The molecule has 2 aromatic rings. The van der Waals surface area contributed by atoms with Gasteiger partial charge in [-0.3, -0.25) is 0 Å². The molecule has 0 fully saturated rings. The first-order valence-corrected chi connectivity index (χ1v) is 6.86. The average molecular weight is 273 g/mol. The van der Waals surface area contributed by atoms with E-state index in [0.29, 0.717) is 11.4 Å². The lowest BCUT2D eigenvalue weighted by Crippen LogP contribution is -2.19. The molecule has 0 aliphatic carbocycles. The van der Waals surface area contributed by atoms with Crippen LogP contribution in [0.25, 0.3) is 11.4 Å². The third-order valence-electron chi connectivity index (χ3n) is 3.41. The number of nitrogens with one attached hydrogen (secondary N) is 1. The Morgan fingerprint density at radius 1 is 1.30 bits per heavy atom. The Hall–Kier alpha value is -1.81. The van der Waals surface area contributed by atoms with Gasteiger partial charge in [-0.15, -0.1) is 0 Å². The average Bonchev–Trinajstić information content (AvgIpc) is 2.42. The van der Waals surface area contributed by atoms with Crippen LogP contribution in [0.2, 0.25) is 0 Å². The van der Waals surface area contributed by atoms with Gasteiger partial charge in [-0.05, 0) is 51.1 Å². The van der Waals surface area contributed by atoms with E-state index in [2.05, 4.69) is 29.1 Å².